The van der Waals surface area contributed by atoms with Crippen LogP contribution in [0.25, 0.3) is 0 Å². The molecule has 0 N–H and O–H groups in total. The van der Waals surface area contributed by atoms with Crippen LogP contribution in [0.1, 0.15) is 6.42 Å². The maximum Gasteiger partial charge on any atom is 0.237 e. The van der Waals surface area contributed by atoms with Crippen LogP contribution in [0.2, 0.25) is 0 Å². The van der Waals surface area contributed by atoms with Crippen LogP contribution in [0, 0.1) is 0 Å². The molecule has 7 heteroatoms. The summed E-state index contributed by atoms with van der Waals surface area (Å²) in [6, 6.07) is 16.8. The molecule has 25 heavy (non-hydrogen) atoms. The first-order valence-corrected chi connectivity index (χ1v) is 11.5. The maximum atomic E-state index is 12.9. The van der Waals surface area contributed by atoms with Crippen LogP contribution in [-0.4, -0.2) is 37.6 Å². The first-order chi connectivity index (χ1) is 11.9. The molecule has 0 spiro atoms. The minimum absolute atomic E-state index is 0.0383. The van der Waals surface area contributed by atoms with Crippen molar-refractivity contribution in [1.82, 2.24) is 0 Å². The number of anilines is 1. The van der Waals surface area contributed by atoms with Gasteiger partial charge in [0.15, 0.2) is 9.84 Å². The number of sulfone groups is 1. The lowest BCUT2D eigenvalue weighted by atomic mass is 10.2. The van der Waals surface area contributed by atoms with Crippen LogP contribution in [0.4, 0.5) is 5.69 Å². The van der Waals surface area contributed by atoms with E-state index in [0.29, 0.717) is 6.42 Å². The van der Waals surface area contributed by atoms with Crippen molar-refractivity contribution in [2.24, 2.45) is 0 Å². The molecular formula is C18H18BrNO3S2. The molecule has 1 amide bonds. The fourth-order valence-corrected chi connectivity index (χ4v) is 5.59. The standard InChI is InChI=1S/C18H18BrNO3S2/c19-14-6-8-17(9-7-14)24-12-18(21)20(15-4-2-1-3-5-15)16-10-11-25(22,23)13-16/h1-9,16H,10-13H2. The molecule has 132 valence electrons. The molecule has 1 fully saturated rings. The van der Waals surface area contributed by atoms with Crippen molar-refractivity contribution in [3.63, 3.8) is 0 Å². The molecule has 4 nitrogen and oxygen atoms in total. The van der Waals surface area contributed by atoms with E-state index in [2.05, 4.69) is 15.9 Å². The van der Waals surface area contributed by atoms with Gasteiger partial charge in [0.25, 0.3) is 0 Å². The van der Waals surface area contributed by atoms with Crippen LogP contribution < -0.4 is 4.90 Å². The van der Waals surface area contributed by atoms with Gasteiger partial charge in [-0.05, 0) is 42.8 Å². The first kappa shape index (κ1) is 18.5. The molecule has 1 heterocycles. The van der Waals surface area contributed by atoms with Gasteiger partial charge in [-0.15, -0.1) is 11.8 Å². The van der Waals surface area contributed by atoms with Gasteiger partial charge in [-0.1, -0.05) is 34.1 Å². The number of amides is 1. The number of hydrogen-bond donors (Lipinski definition) is 0. The Morgan fingerprint density at radius 1 is 1.12 bits per heavy atom. The number of thioether (sulfide) groups is 1. The summed E-state index contributed by atoms with van der Waals surface area (Å²) in [6.07, 6.45) is 0.492. The van der Waals surface area contributed by atoms with Crippen LogP contribution in [0.15, 0.2) is 64.0 Å². The van der Waals surface area contributed by atoms with E-state index in [1.54, 1.807) is 4.90 Å². The zero-order valence-electron chi connectivity index (χ0n) is 13.5. The van der Waals surface area contributed by atoms with E-state index in [1.165, 1.54) is 11.8 Å². The monoisotopic (exact) mass is 439 g/mol. The van der Waals surface area contributed by atoms with Crippen molar-refractivity contribution in [1.29, 1.82) is 0 Å². The summed E-state index contributed by atoms with van der Waals surface area (Å²) in [4.78, 5) is 15.5. The van der Waals surface area contributed by atoms with Gasteiger partial charge in [0, 0.05) is 15.1 Å². The fourth-order valence-electron chi connectivity index (χ4n) is 2.87. The van der Waals surface area contributed by atoms with Gasteiger partial charge in [-0.2, -0.15) is 0 Å². The molecule has 0 saturated carbocycles. The van der Waals surface area contributed by atoms with Crippen LogP contribution in [0.3, 0.4) is 0 Å². The van der Waals surface area contributed by atoms with Gasteiger partial charge in [0.05, 0.1) is 23.3 Å². The SMILES string of the molecule is O=C(CSc1ccc(Br)cc1)N(c1ccccc1)C1CCS(=O)(=O)C1. The lowest BCUT2D eigenvalue weighted by molar-refractivity contribution is -0.116. The predicted octanol–water partition coefficient (Wildman–Crippen LogP) is 3.76. The molecule has 0 bridgehead atoms. The smallest absolute Gasteiger partial charge is 0.237 e. The van der Waals surface area contributed by atoms with Gasteiger partial charge in [0.1, 0.15) is 0 Å². The highest BCUT2D eigenvalue weighted by Gasteiger charge is 2.35. The van der Waals surface area contributed by atoms with Crippen LogP contribution >= 0.6 is 27.7 Å². The molecule has 1 aliphatic heterocycles. The highest BCUT2D eigenvalue weighted by molar-refractivity contribution is 9.10. The number of nitrogens with zero attached hydrogens (tertiary/aromatic N) is 1. The molecule has 0 aromatic heterocycles. The minimum Gasteiger partial charge on any atom is -0.308 e. The Morgan fingerprint density at radius 3 is 2.40 bits per heavy atom. The number of rotatable bonds is 5. The van der Waals surface area contributed by atoms with Crippen molar-refractivity contribution >= 4 is 49.1 Å². The van der Waals surface area contributed by atoms with E-state index in [1.807, 2.05) is 54.6 Å². The fraction of sp³-hybridized carbons (Fsp3) is 0.278. The van der Waals surface area contributed by atoms with Crippen molar-refractivity contribution < 1.29 is 13.2 Å². The molecule has 2 aromatic rings. The molecule has 0 radical (unpaired) electrons. The van der Waals surface area contributed by atoms with Gasteiger partial charge in [-0.3, -0.25) is 4.79 Å². The Labute approximate surface area is 160 Å². The zero-order valence-corrected chi connectivity index (χ0v) is 16.7. The molecule has 3 rings (SSSR count). The lowest BCUT2D eigenvalue weighted by Gasteiger charge is -2.28. The van der Waals surface area contributed by atoms with Crippen molar-refractivity contribution in [2.75, 3.05) is 22.2 Å². The summed E-state index contributed by atoms with van der Waals surface area (Å²) >= 11 is 4.85. The molecule has 1 saturated heterocycles. The molecule has 1 atom stereocenters. The summed E-state index contributed by atoms with van der Waals surface area (Å²) in [5, 5.41) is 0. The van der Waals surface area contributed by atoms with Crippen molar-refractivity contribution in [3.05, 3.63) is 59.1 Å². The second-order valence-electron chi connectivity index (χ2n) is 5.90. The van der Waals surface area contributed by atoms with Crippen LogP contribution in [0.5, 0.6) is 0 Å². The number of hydrogen-bond acceptors (Lipinski definition) is 4. The zero-order chi connectivity index (χ0) is 17.9. The Balaban J connectivity index is 1.76. The lowest BCUT2D eigenvalue weighted by Crippen LogP contribution is -2.42. The quantitative estimate of drug-likeness (QED) is 0.665. The topological polar surface area (TPSA) is 54.5 Å². The molecular weight excluding hydrogens is 422 g/mol. The average Bonchev–Trinajstić information content (AvgIpc) is 2.95. The van der Waals surface area contributed by atoms with Gasteiger partial charge >= 0.3 is 0 Å². The number of para-hydroxylation sites is 1. The highest BCUT2D eigenvalue weighted by atomic mass is 79.9. The molecule has 0 aliphatic carbocycles. The summed E-state index contributed by atoms with van der Waals surface area (Å²) in [5.41, 5.74) is 0.756. The van der Waals surface area contributed by atoms with E-state index in [9.17, 15) is 13.2 Å². The Kier molecular flexibility index (Phi) is 5.86. The number of benzene rings is 2. The molecule has 1 unspecified atom stereocenters. The maximum absolute atomic E-state index is 12.9. The molecule has 2 aromatic carbocycles. The second-order valence-corrected chi connectivity index (χ2v) is 10.1. The van der Waals surface area contributed by atoms with E-state index in [4.69, 9.17) is 0 Å². The third kappa shape index (κ3) is 4.86. The number of halogens is 1. The number of carbonyl (C=O) groups excluding carboxylic acids is 1. The van der Waals surface area contributed by atoms with E-state index < -0.39 is 9.84 Å². The average molecular weight is 440 g/mol. The van der Waals surface area contributed by atoms with Crippen LogP contribution in [-0.2, 0) is 14.6 Å². The van der Waals surface area contributed by atoms with E-state index in [0.717, 1.165) is 15.1 Å². The summed E-state index contributed by atoms with van der Waals surface area (Å²) in [7, 11) is -3.06. The predicted molar refractivity (Wildman–Crippen MR) is 106 cm³/mol. The highest BCUT2D eigenvalue weighted by Crippen LogP contribution is 2.27. The summed E-state index contributed by atoms with van der Waals surface area (Å²) < 4.78 is 24.7. The molecule has 1 aliphatic rings. The van der Waals surface area contributed by atoms with Gasteiger partial charge < -0.3 is 4.90 Å². The third-order valence-corrected chi connectivity index (χ3v) is 7.33. The summed E-state index contributed by atoms with van der Waals surface area (Å²) in [6.45, 7) is 0. The van der Waals surface area contributed by atoms with Gasteiger partial charge in [0.2, 0.25) is 5.91 Å². The summed E-state index contributed by atoms with van der Waals surface area (Å²) in [5.74, 6) is 0.388. The Morgan fingerprint density at radius 2 is 1.80 bits per heavy atom. The van der Waals surface area contributed by atoms with Crippen molar-refractivity contribution in [3.8, 4) is 0 Å². The van der Waals surface area contributed by atoms with E-state index >= 15 is 0 Å². The second kappa shape index (κ2) is 7.93. The van der Waals surface area contributed by atoms with E-state index in [-0.39, 0.29) is 29.2 Å². The largest absolute Gasteiger partial charge is 0.308 e. The Hall–Kier alpha value is -1.31. The Bertz CT molecular complexity index is 838. The number of carbonyl (C=O) groups is 1. The van der Waals surface area contributed by atoms with Gasteiger partial charge in [-0.25, -0.2) is 8.42 Å². The minimum atomic E-state index is -3.06. The third-order valence-electron chi connectivity index (χ3n) is 4.05. The first-order valence-electron chi connectivity index (χ1n) is 7.90. The normalized spacial score (nSPS) is 18.8. The van der Waals surface area contributed by atoms with Crippen molar-refractivity contribution in [2.45, 2.75) is 17.4 Å².